The largest absolute Gasteiger partial charge is 0.445 e. The van der Waals surface area contributed by atoms with Gasteiger partial charge in [0.1, 0.15) is 12.6 Å². The SMILES string of the molecule is CC(C)C(CO)NC(=O)[C@@H]1CCCN1C(=O)OCc1ccccc1. The van der Waals surface area contributed by atoms with Gasteiger partial charge in [-0.1, -0.05) is 44.2 Å². The van der Waals surface area contributed by atoms with E-state index in [0.29, 0.717) is 13.0 Å². The minimum Gasteiger partial charge on any atom is -0.445 e. The Bertz CT molecular complexity index is 547. The van der Waals surface area contributed by atoms with Crippen molar-refractivity contribution in [2.75, 3.05) is 13.2 Å². The van der Waals surface area contributed by atoms with E-state index in [1.165, 1.54) is 4.90 Å². The van der Waals surface area contributed by atoms with Gasteiger partial charge in [-0.15, -0.1) is 0 Å². The predicted molar refractivity (Wildman–Crippen MR) is 90.2 cm³/mol. The van der Waals surface area contributed by atoms with E-state index in [1.807, 2.05) is 44.2 Å². The first kappa shape index (κ1) is 18.3. The summed E-state index contributed by atoms with van der Waals surface area (Å²) >= 11 is 0. The molecule has 1 aliphatic heterocycles. The number of likely N-dealkylation sites (tertiary alicyclic amines) is 1. The van der Waals surface area contributed by atoms with E-state index in [-0.39, 0.29) is 31.1 Å². The normalized spacial score (nSPS) is 18.5. The van der Waals surface area contributed by atoms with Gasteiger partial charge >= 0.3 is 6.09 Å². The molecule has 132 valence electrons. The molecule has 0 bridgehead atoms. The van der Waals surface area contributed by atoms with Crippen molar-refractivity contribution in [3.63, 3.8) is 0 Å². The molecule has 1 aliphatic rings. The Kier molecular flexibility index (Phi) is 6.61. The van der Waals surface area contributed by atoms with Crippen molar-refractivity contribution < 1.29 is 19.4 Å². The summed E-state index contributed by atoms with van der Waals surface area (Å²) in [6, 6.07) is 8.61. The number of aliphatic hydroxyl groups excluding tert-OH is 1. The standard InChI is InChI=1S/C18H26N2O4/c1-13(2)15(11-21)19-17(22)16-9-6-10-20(16)18(23)24-12-14-7-4-3-5-8-14/h3-5,7-8,13,15-16,21H,6,9-12H2,1-2H3,(H,19,22)/t15?,16-/m0/s1. The second-order valence-corrected chi connectivity index (χ2v) is 6.43. The quantitative estimate of drug-likeness (QED) is 0.833. The van der Waals surface area contributed by atoms with Crippen LogP contribution in [0.5, 0.6) is 0 Å². The molecule has 2 amide bonds. The maximum Gasteiger partial charge on any atom is 0.410 e. The fourth-order valence-electron chi connectivity index (χ4n) is 2.76. The molecular formula is C18H26N2O4. The average Bonchev–Trinajstić information content (AvgIpc) is 3.08. The van der Waals surface area contributed by atoms with Crippen molar-refractivity contribution in [2.45, 2.75) is 45.4 Å². The molecule has 1 fully saturated rings. The monoisotopic (exact) mass is 334 g/mol. The molecule has 1 aromatic rings. The van der Waals surface area contributed by atoms with Crippen LogP contribution in [-0.4, -0.2) is 47.2 Å². The third kappa shape index (κ3) is 4.71. The number of carbonyl (C=O) groups excluding carboxylic acids is 2. The Hall–Kier alpha value is -2.08. The van der Waals surface area contributed by atoms with Gasteiger partial charge in [0.15, 0.2) is 0 Å². The van der Waals surface area contributed by atoms with E-state index in [9.17, 15) is 14.7 Å². The molecule has 6 nitrogen and oxygen atoms in total. The van der Waals surface area contributed by atoms with Crippen LogP contribution in [0.2, 0.25) is 0 Å². The van der Waals surface area contributed by atoms with Gasteiger partial charge in [0, 0.05) is 6.54 Å². The van der Waals surface area contributed by atoms with Gasteiger partial charge < -0.3 is 15.2 Å². The van der Waals surface area contributed by atoms with E-state index in [0.717, 1.165) is 12.0 Å². The number of rotatable bonds is 6. The third-order valence-electron chi connectivity index (χ3n) is 4.32. The van der Waals surface area contributed by atoms with Crippen LogP contribution < -0.4 is 5.32 Å². The van der Waals surface area contributed by atoms with Gasteiger partial charge in [-0.3, -0.25) is 9.69 Å². The minimum atomic E-state index is -0.527. The fourth-order valence-corrected chi connectivity index (χ4v) is 2.76. The molecule has 0 aliphatic carbocycles. The van der Waals surface area contributed by atoms with Gasteiger partial charge in [-0.2, -0.15) is 0 Å². The van der Waals surface area contributed by atoms with Crippen LogP contribution in [0.3, 0.4) is 0 Å². The molecule has 1 unspecified atom stereocenters. The van der Waals surface area contributed by atoms with Crippen LogP contribution in [-0.2, 0) is 16.1 Å². The van der Waals surface area contributed by atoms with Crippen LogP contribution in [0, 0.1) is 5.92 Å². The molecule has 1 heterocycles. The molecule has 2 N–H and O–H groups in total. The Morgan fingerprint density at radius 3 is 2.67 bits per heavy atom. The number of benzene rings is 1. The smallest absolute Gasteiger partial charge is 0.410 e. The lowest BCUT2D eigenvalue weighted by Crippen LogP contribution is -2.51. The van der Waals surface area contributed by atoms with Crippen molar-refractivity contribution >= 4 is 12.0 Å². The highest BCUT2D eigenvalue weighted by atomic mass is 16.6. The summed E-state index contributed by atoms with van der Waals surface area (Å²) in [6.45, 7) is 4.45. The average molecular weight is 334 g/mol. The molecule has 0 spiro atoms. The van der Waals surface area contributed by atoms with Gasteiger partial charge in [0.2, 0.25) is 5.91 Å². The van der Waals surface area contributed by atoms with Crippen molar-refractivity contribution in [1.82, 2.24) is 10.2 Å². The Balaban J connectivity index is 1.91. The topological polar surface area (TPSA) is 78.9 Å². The lowest BCUT2D eigenvalue weighted by atomic mass is 10.0. The Morgan fingerprint density at radius 2 is 2.04 bits per heavy atom. The molecule has 0 saturated carbocycles. The molecule has 24 heavy (non-hydrogen) atoms. The number of ether oxygens (including phenoxy) is 1. The Labute approximate surface area is 142 Å². The zero-order chi connectivity index (χ0) is 17.5. The van der Waals surface area contributed by atoms with E-state index in [4.69, 9.17) is 4.74 Å². The zero-order valence-electron chi connectivity index (χ0n) is 14.3. The molecule has 0 aromatic heterocycles. The zero-order valence-corrected chi connectivity index (χ0v) is 14.3. The van der Waals surface area contributed by atoms with Gasteiger partial charge in [0.05, 0.1) is 12.6 Å². The highest BCUT2D eigenvalue weighted by Crippen LogP contribution is 2.19. The molecule has 0 radical (unpaired) electrons. The van der Waals surface area contributed by atoms with Crippen LogP contribution in [0.4, 0.5) is 4.79 Å². The summed E-state index contributed by atoms with van der Waals surface area (Å²) in [5.74, 6) is -0.101. The molecule has 2 atom stereocenters. The van der Waals surface area contributed by atoms with Crippen molar-refractivity contribution in [2.24, 2.45) is 5.92 Å². The van der Waals surface area contributed by atoms with Crippen molar-refractivity contribution in [1.29, 1.82) is 0 Å². The Morgan fingerprint density at radius 1 is 1.33 bits per heavy atom. The number of nitrogens with one attached hydrogen (secondary N) is 1. The van der Waals surface area contributed by atoms with E-state index >= 15 is 0 Å². The number of hydrogen-bond donors (Lipinski definition) is 2. The summed E-state index contributed by atoms with van der Waals surface area (Å²) in [4.78, 5) is 26.2. The third-order valence-corrected chi connectivity index (χ3v) is 4.32. The molecule has 6 heteroatoms. The van der Waals surface area contributed by atoms with Crippen molar-refractivity contribution in [3.8, 4) is 0 Å². The number of carbonyl (C=O) groups is 2. The van der Waals surface area contributed by atoms with Gasteiger partial charge in [0.25, 0.3) is 0 Å². The van der Waals surface area contributed by atoms with Crippen LogP contribution >= 0.6 is 0 Å². The second-order valence-electron chi connectivity index (χ2n) is 6.43. The van der Waals surface area contributed by atoms with E-state index in [2.05, 4.69) is 5.32 Å². The second kappa shape index (κ2) is 8.68. The molecule has 1 aromatic carbocycles. The predicted octanol–water partition coefficient (Wildman–Crippen LogP) is 1.92. The summed E-state index contributed by atoms with van der Waals surface area (Å²) in [5.41, 5.74) is 0.909. The number of amides is 2. The van der Waals surface area contributed by atoms with Crippen molar-refractivity contribution in [3.05, 3.63) is 35.9 Å². The maximum absolute atomic E-state index is 12.4. The summed E-state index contributed by atoms with van der Waals surface area (Å²) in [6.07, 6.45) is 0.911. The first-order valence-corrected chi connectivity index (χ1v) is 8.41. The number of hydrogen-bond acceptors (Lipinski definition) is 4. The summed E-state index contributed by atoms with van der Waals surface area (Å²) in [5, 5.41) is 12.2. The van der Waals surface area contributed by atoms with Gasteiger partial charge in [-0.05, 0) is 24.3 Å². The number of aliphatic hydroxyl groups is 1. The van der Waals surface area contributed by atoms with Crippen LogP contribution in [0.25, 0.3) is 0 Å². The summed E-state index contributed by atoms with van der Waals surface area (Å²) < 4.78 is 5.33. The molecule has 1 saturated heterocycles. The maximum atomic E-state index is 12.4. The fraction of sp³-hybridized carbons (Fsp3) is 0.556. The first-order chi connectivity index (χ1) is 11.5. The minimum absolute atomic E-state index is 0.116. The lowest BCUT2D eigenvalue weighted by molar-refractivity contribution is -0.126. The summed E-state index contributed by atoms with van der Waals surface area (Å²) in [7, 11) is 0. The highest BCUT2D eigenvalue weighted by molar-refractivity contribution is 5.86. The van der Waals surface area contributed by atoms with Crippen LogP contribution in [0.1, 0.15) is 32.3 Å². The first-order valence-electron chi connectivity index (χ1n) is 8.41. The number of nitrogens with zero attached hydrogens (tertiary/aromatic N) is 1. The lowest BCUT2D eigenvalue weighted by Gasteiger charge is -2.26. The highest BCUT2D eigenvalue weighted by Gasteiger charge is 2.36. The van der Waals surface area contributed by atoms with E-state index in [1.54, 1.807) is 0 Å². The van der Waals surface area contributed by atoms with E-state index < -0.39 is 12.1 Å². The molecular weight excluding hydrogens is 308 g/mol. The molecule has 2 rings (SSSR count). The van der Waals surface area contributed by atoms with Gasteiger partial charge in [-0.25, -0.2) is 4.79 Å². The van der Waals surface area contributed by atoms with Crippen LogP contribution in [0.15, 0.2) is 30.3 Å².